The van der Waals surface area contributed by atoms with Crippen molar-refractivity contribution in [2.75, 3.05) is 12.5 Å². The summed E-state index contributed by atoms with van der Waals surface area (Å²) in [4.78, 5) is 0. The molecule has 2 aromatic carbocycles. The van der Waals surface area contributed by atoms with Gasteiger partial charge in [-0.25, -0.2) is 0 Å². The molecule has 0 aliphatic rings. The van der Waals surface area contributed by atoms with Gasteiger partial charge < -0.3 is 4.74 Å². The van der Waals surface area contributed by atoms with E-state index in [1.165, 1.54) is 0 Å². The number of halogens is 1. The van der Waals surface area contributed by atoms with Crippen molar-refractivity contribution in [2.45, 2.75) is 0 Å². The highest BCUT2D eigenvalue weighted by molar-refractivity contribution is 6.30. The molecule has 2 rings (SSSR count). The number of hydrazone groups is 1. The maximum atomic E-state index is 5.88. The molecule has 0 aliphatic heterocycles. The van der Waals surface area contributed by atoms with E-state index in [1.54, 1.807) is 19.4 Å². The molecule has 0 unspecified atom stereocenters. The second-order valence-electron chi connectivity index (χ2n) is 3.62. The van der Waals surface area contributed by atoms with E-state index < -0.39 is 0 Å². The number of ether oxygens (including phenoxy) is 1. The van der Waals surface area contributed by atoms with Crippen LogP contribution in [0.15, 0.2) is 53.6 Å². The highest BCUT2D eigenvalue weighted by Crippen LogP contribution is 2.16. The Morgan fingerprint density at radius 3 is 2.78 bits per heavy atom. The Morgan fingerprint density at radius 1 is 1.17 bits per heavy atom. The smallest absolute Gasteiger partial charge is 0.127 e. The van der Waals surface area contributed by atoms with Crippen molar-refractivity contribution in [1.29, 1.82) is 0 Å². The summed E-state index contributed by atoms with van der Waals surface area (Å²) in [6.45, 7) is 0. The molecule has 0 bridgehead atoms. The highest BCUT2D eigenvalue weighted by Gasteiger charge is 1.97. The molecule has 0 atom stereocenters. The van der Waals surface area contributed by atoms with Crippen LogP contribution >= 0.6 is 11.6 Å². The van der Waals surface area contributed by atoms with E-state index in [4.69, 9.17) is 16.3 Å². The number of nitrogens with one attached hydrogen (secondary N) is 1. The van der Waals surface area contributed by atoms with Crippen molar-refractivity contribution in [3.8, 4) is 5.75 Å². The molecule has 0 amide bonds. The lowest BCUT2D eigenvalue weighted by atomic mass is 10.2. The van der Waals surface area contributed by atoms with Gasteiger partial charge in [-0.15, -0.1) is 0 Å². The first-order valence-corrected chi connectivity index (χ1v) is 5.85. The molecule has 0 saturated heterocycles. The molecule has 3 nitrogen and oxygen atoms in total. The van der Waals surface area contributed by atoms with Crippen LogP contribution in [0.5, 0.6) is 5.75 Å². The monoisotopic (exact) mass is 260 g/mol. The lowest BCUT2D eigenvalue weighted by Gasteiger charge is -2.03. The Labute approximate surface area is 111 Å². The number of hydrogen-bond donors (Lipinski definition) is 1. The zero-order valence-corrected chi connectivity index (χ0v) is 10.7. The van der Waals surface area contributed by atoms with Crippen LogP contribution in [0.3, 0.4) is 0 Å². The largest absolute Gasteiger partial charge is 0.496 e. The Bertz CT molecular complexity index is 555. The fraction of sp³-hybridized carbons (Fsp3) is 0.0714. The molecule has 2 aromatic rings. The first-order valence-electron chi connectivity index (χ1n) is 5.47. The first kappa shape index (κ1) is 12.5. The van der Waals surface area contributed by atoms with Crippen molar-refractivity contribution in [3.05, 3.63) is 59.1 Å². The zero-order valence-electron chi connectivity index (χ0n) is 9.93. The number of benzene rings is 2. The second-order valence-corrected chi connectivity index (χ2v) is 4.06. The van der Waals surface area contributed by atoms with E-state index in [2.05, 4.69) is 10.5 Å². The van der Waals surface area contributed by atoms with Crippen LogP contribution in [0.4, 0.5) is 5.69 Å². The van der Waals surface area contributed by atoms with Gasteiger partial charge >= 0.3 is 0 Å². The van der Waals surface area contributed by atoms with Crippen molar-refractivity contribution >= 4 is 23.5 Å². The summed E-state index contributed by atoms with van der Waals surface area (Å²) in [5.41, 5.74) is 4.67. The third kappa shape index (κ3) is 3.25. The summed E-state index contributed by atoms with van der Waals surface area (Å²) < 4.78 is 5.23. The summed E-state index contributed by atoms with van der Waals surface area (Å²) >= 11 is 5.88. The lowest BCUT2D eigenvalue weighted by Crippen LogP contribution is -1.93. The number of methoxy groups -OCH3 is 1. The fourth-order valence-corrected chi connectivity index (χ4v) is 1.70. The SMILES string of the molecule is COc1ccccc1C=NNc1cccc(Cl)c1. The van der Waals surface area contributed by atoms with Crippen molar-refractivity contribution in [1.82, 2.24) is 0 Å². The molecule has 1 N–H and O–H groups in total. The van der Waals surface area contributed by atoms with Crippen LogP contribution in [-0.2, 0) is 0 Å². The predicted molar refractivity (Wildman–Crippen MR) is 75.7 cm³/mol. The van der Waals surface area contributed by atoms with Crippen molar-refractivity contribution in [2.24, 2.45) is 5.10 Å². The van der Waals surface area contributed by atoms with E-state index >= 15 is 0 Å². The Kier molecular flexibility index (Phi) is 4.20. The minimum absolute atomic E-state index is 0.674. The van der Waals surface area contributed by atoms with Crippen molar-refractivity contribution in [3.63, 3.8) is 0 Å². The molecule has 0 spiro atoms. The minimum atomic E-state index is 0.674. The van der Waals surface area contributed by atoms with Gasteiger partial charge in [0.05, 0.1) is 19.0 Å². The van der Waals surface area contributed by atoms with Gasteiger partial charge in [0.2, 0.25) is 0 Å². The van der Waals surface area contributed by atoms with Crippen LogP contribution in [0.1, 0.15) is 5.56 Å². The zero-order chi connectivity index (χ0) is 12.8. The third-order valence-electron chi connectivity index (χ3n) is 2.36. The number of rotatable bonds is 4. The van der Waals surface area contributed by atoms with E-state index in [-0.39, 0.29) is 0 Å². The number of hydrogen-bond acceptors (Lipinski definition) is 3. The molecule has 0 aromatic heterocycles. The molecular formula is C14H13ClN2O. The van der Waals surface area contributed by atoms with Gasteiger partial charge in [-0.1, -0.05) is 29.8 Å². The third-order valence-corrected chi connectivity index (χ3v) is 2.60. The average molecular weight is 261 g/mol. The molecule has 18 heavy (non-hydrogen) atoms. The molecule has 0 saturated carbocycles. The standard InChI is InChI=1S/C14H13ClN2O/c1-18-14-8-3-2-5-11(14)10-16-17-13-7-4-6-12(15)9-13/h2-10,17H,1H3. The van der Waals surface area contributed by atoms with Gasteiger partial charge in [0.1, 0.15) is 5.75 Å². The summed E-state index contributed by atoms with van der Waals surface area (Å²) in [5.74, 6) is 0.786. The maximum absolute atomic E-state index is 5.88. The lowest BCUT2D eigenvalue weighted by molar-refractivity contribution is 0.414. The topological polar surface area (TPSA) is 33.6 Å². The average Bonchev–Trinajstić information content (AvgIpc) is 2.39. The van der Waals surface area contributed by atoms with E-state index in [1.807, 2.05) is 42.5 Å². The molecular weight excluding hydrogens is 248 g/mol. The number of anilines is 1. The number of nitrogens with zero attached hydrogens (tertiary/aromatic N) is 1. The normalized spacial score (nSPS) is 10.6. The number of para-hydroxylation sites is 1. The van der Waals surface area contributed by atoms with Crippen LogP contribution in [0.25, 0.3) is 0 Å². The molecule has 0 fully saturated rings. The second kappa shape index (κ2) is 6.07. The Hall–Kier alpha value is -2.00. The Balaban J connectivity index is 2.07. The predicted octanol–water partition coefficient (Wildman–Crippen LogP) is 3.79. The molecule has 92 valence electrons. The van der Waals surface area contributed by atoms with Crippen LogP contribution in [0.2, 0.25) is 5.02 Å². The van der Waals surface area contributed by atoms with Gasteiger partial charge in [0.25, 0.3) is 0 Å². The van der Waals surface area contributed by atoms with Gasteiger partial charge in [-0.05, 0) is 30.3 Å². The Morgan fingerprint density at radius 2 is 2.00 bits per heavy atom. The van der Waals surface area contributed by atoms with E-state index in [9.17, 15) is 0 Å². The van der Waals surface area contributed by atoms with Gasteiger partial charge in [0.15, 0.2) is 0 Å². The molecule has 0 radical (unpaired) electrons. The summed E-state index contributed by atoms with van der Waals surface area (Å²) in [7, 11) is 1.64. The highest BCUT2D eigenvalue weighted by atomic mass is 35.5. The summed E-state index contributed by atoms with van der Waals surface area (Å²) in [5, 5.41) is 4.82. The van der Waals surface area contributed by atoms with E-state index in [0.29, 0.717) is 5.02 Å². The maximum Gasteiger partial charge on any atom is 0.127 e. The van der Waals surface area contributed by atoms with Crippen LogP contribution in [-0.4, -0.2) is 13.3 Å². The van der Waals surface area contributed by atoms with Crippen molar-refractivity contribution < 1.29 is 4.74 Å². The quantitative estimate of drug-likeness (QED) is 0.670. The molecule has 0 heterocycles. The van der Waals surface area contributed by atoms with Gasteiger partial charge in [0, 0.05) is 10.6 Å². The fourth-order valence-electron chi connectivity index (χ4n) is 1.51. The van der Waals surface area contributed by atoms with Gasteiger partial charge in [-0.3, -0.25) is 5.43 Å². The summed E-state index contributed by atoms with van der Waals surface area (Å²) in [6, 6.07) is 15.1. The minimum Gasteiger partial charge on any atom is -0.496 e. The molecule has 0 aliphatic carbocycles. The van der Waals surface area contributed by atoms with E-state index in [0.717, 1.165) is 17.0 Å². The summed E-state index contributed by atoms with van der Waals surface area (Å²) in [6.07, 6.45) is 1.71. The van der Waals surface area contributed by atoms with Gasteiger partial charge in [-0.2, -0.15) is 5.10 Å². The van der Waals surface area contributed by atoms with Crippen LogP contribution < -0.4 is 10.2 Å². The first-order chi connectivity index (χ1) is 8.79. The van der Waals surface area contributed by atoms with Crippen LogP contribution in [0, 0.1) is 0 Å². The molecule has 4 heteroatoms.